The molecule has 1 aliphatic heterocycles. The second-order valence-corrected chi connectivity index (χ2v) is 6.85. The third-order valence-electron chi connectivity index (χ3n) is 4.33. The van der Waals surface area contributed by atoms with Gasteiger partial charge in [0.05, 0.1) is 0 Å². The van der Waals surface area contributed by atoms with Crippen LogP contribution in [0, 0.1) is 12.8 Å². The molecule has 1 fully saturated rings. The molecule has 3 atom stereocenters. The number of piperidine rings is 1. The Balaban J connectivity index is 2.24. The Bertz CT molecular complexity index is 433. The first-order chi connectivity index (χ1) is 9.02. The average molecular weight is 325 g/mol. The molecule has 3 unspecified atom stereocenters. The van der Waals surface area contributed by atoms with Crippen LogP contribution in [0.3, 0.4) is 0 Å². The van der Waals surface area contributed by atoms with Crippen LogP contribution in [0.1, 0.15) is 43.9 Å². The van der Waals surface area contributed by atoms with Gasteiger partial charge in [0.25, 0.3) is 0 Å². The van der Waals surface area contributed by atoms with Gasteiger partial charge in [0.1, 0.15) is 0 Å². The largest absolute Gasteiger partial charge is 0.329 e. The van der Waals surface area contributed by atoms with E-state index in [4.69, 9.17) is 5.73 Å². The van der Waals surface area contributed by atoms with Gasteiger partial charge in [-0.25, -0.2) is 0 Å². The molecule has 1 aromatic rings. The average Bonchev–Trinajstić information content (AvgIpc) is 2.34. The van der Waals surface area contributed by atoms with Crippen molar-refractivity contribution in [2.45, 2.75) is 45.7 Å². The summed E-state index contributed by atoms with van der Waals surface area (Å²) in [7, 11) is 0. The van der Waals surface area contributed by atoms with Gasteiger partial charge in [-0.05, 0) is 56.3 Å². The van der Waals surface area contributed by atoms with Gasteiger partial charge in [-0.2, -0.15) is 0 Å². The molecule has 2 nitrogen and oxygen atoms in total. The highest BCUT2D eigenvalue weighted by molar-refractivity contribution is 9.10. The van der Waals surface area contributed by atoms with Crippen molar-refractivity contribution >= 4 is 15.9 Å². The van der Waals surface area contributed by atoms with Gasteiger partial charge in [0.2, 0.25) is 0 Å². The van der Waals surface area contributed by atoms with E-state index in [0.717, 1.165) is 12.5 Å². The summed E-state index contributed by atoms with van der Waals surface area (Å²) in [6, 6.07) is 7.54. The Morgan fingerprint density at radius 2 is 2.16 bits per heavy atom. The topological polar surface area (TPSA) is 29.3 Å². The van der Waals surface area contributed by atoms with E-state index in [-0.39, 0.29) is 0 Å². The zero-order chi connectivity index (χ0) is 14.0. The second-order valence-electron chi connectivity index (χ2n) is 5.99. The van der Waals surface area contributed by atoms with Crippen molar-refractivity contribution in [1.29, 1.82) is 0 Å². The number of hydrogen-bond acceptors (Lipinski definition) is 2. The number of halogens is 1. The molecule has 0 amide bonds. The van der Waals surface area contributed by atoms with Crippen molar-refractivity contribution in [2.75, 3.05) is 13.1 Å². The van der Waals surface area contributed by atoms with E-state index in [1.165, 1.54) is 28.4 Å². The fraction of sp³-hybridized carbons (Fsp3) is 0.625. The van der Waals surface area contributed by atoms with Crippen LogP contribution in [-0.2, 0) is 0 Å². The molecule has 0 aliphatic carbocycles. The van der Waals surface area contributed by atoms with Crippen LogP contribution in [0.4, 0.5) is 0 Å². The van der Waals surface area contributed by atoms with Gasteiger partial charge >= 0.3 is 0 Å². The maximum absolute atomic E-state index is 6.08. The first kappa shape index (κ1) is 15.0. The van der Waals surface area contributed by atoms with Gasteiger partial charge in [-0.1, -0.05) is 35.0 Å². The molecule has 1 aliphatic rings. The summed E-state index contributed by atoms with van der Waals surface area (Å²) in [5.74, 6) is 0.839. The van der Waals surface area contributed by atoms with Crippen molar-refractivity contribution in [3.05, 3.63) is 33.8 Å². The molecule has 106 valence electrons. The summed E-state index contributed by atoms with van der Waals surface area (Å²) in [4.78, 5) is 2.58. The molecule has 1 heterocycles. The zero-order valence-corrected chi connectivity index (χ0v) is 13.8. The zero-order valence-electron chi connectivity index (χ0n) is 12.2. The smallest absolute Gasteiger partial charge is 0.0484 e. The molecular formula is C16H25BrN2. The molecule has 0 bridgehead atoms. The van der Waals surface area contributed by atoms with E-state index >= 15 is 0 Å². The molecule has 19 heavy (non-hydrogen) atoms. The first-order valence-corrected chi connectivity index (χ1v) is 8.04. The van der Waals surface area contributed by atoms with Gasteiger partial charge < -0.3 is 5.73 Å². The highest BCUT2D eigenvalue weighted by atomic mass is 79.9. The third-order valence-corrected chi connectivity index (χ3v) is 5.02. The molecule has 0 aromatic heterocycles. The molecular weight excluding hydrogens is 300 g/mol. The Kier molecular flexibility index (Phi) is 5.04. The number of nitrogens with zero attached hydrogens (tertiary/aromatic N) is 1. The molecule has 0 spiro atoms. The maximum atomic E-state index is 6.08. The predicted octanol–water partition coefficient (Wildman–Crippen LogP) is 3.88. The molecule has 0 radical (unpaired) electrons. The number of aryl methyl sites for hydroxylation is 1. The molecule has 2 N–H and O–H groups in total. The molecule has 1 aromatic carbocycles. The fourth-order valence-corrected chi connectivity index (χ4v) is 3.99. The number of rotatable bonds is 3. The minimum absolute atomic E-state index is 0.331. The molecule has 0 saturated carbocycles. The molecule has 2 rings (SSSR count). The second kappa shape index (κ2) is 6.38. The van der Waals surface area contributed by atoms with Crippen molar-refractivity contribution in [3.63, 3.8) is 0 Å². The number of benzene rings is 1. The molecule has 1 saturated heterocycles. The van der Waals surface area contributed by atoms with Gasteiger partial charge in [-0.15, -0.1) is 0 Å². The van der Waals surface area contributed by atoms with Crippen LogP contribution in [0.5, 0.6) is 0 Å². The number of nitrogens with two attached hydrogens (primary N) is 1. The van der Waals surface area contributed by atoms with Crippen LogP contribution in [0.25, 0.3) is 0 Å². The SMILES string of the molecule is Cc1ccc(C(CN)N2CCC(C)CC2C)c(Br)c1. The van der Waals surface area contributed by atoms with Crippen molar-refractivity contribution in [2.24, 2.45) is 11.7 Å². The quantitative estimate of drug-likeness (QED) is 0.914. The highest BCUT2D eigenvalue weighted by Gasteiger charge is 2.29. The van der Waals surface area contributed by atoms with Crippen LogP contribution < -0.4 is 5.73 Å². The lowest BCUT2D eigenvalue weighted by Crippen LogP contribution is -2.45. The van der Waals surface area contributed by atoms with Crippen molar-refractivity contribution in [1.82, 2.24) is 4.90 Å². The van der Waals surface area contributed by atoms with E-state index in [9.17, 15) is 0 Å². The van der Waals surface area contributed by atoms with Gasteiger partial charge in [0.15, 0.2) is 0 Å². The standard InChI is InChI=1S/C16H25BrN2/c1-11-4-5-14(15(17)9-11)16(10-18)19-7-6-12(2)8-13(19)3/h4-5,9,12-13,16H,6-8,10,18H2,1-3H3. The molecule has 3 heteroatoms. The van der Waals surface area contributed by atoms with E-state index in [1.807, 2.05) is 0 Å². The lowest BCUT2D eigenvalue weighted by molar-refractivity contribution is 0.0844. The third kappa shape index (κ3) is 3.39. The van der Waals surface area contributed by atoms with Crippen LogP contribution in [0.2, 0.25) is 0 Å². The summed E-state index contributed by atoms with van der Waals surface area (Å²) < 4.78 is 1.19. The van der Waals surface area contributed by atoms with E-state index in [1.54, 1.807) is 0 Å². The minimum Gasteiger partial charge on any atom is -0.329 e. The lowest BCUT2D eigenvalue weighted by Gasteiger charge is -2.42. The predicted molar refractivity (Wildman–Crippen MR) is 85.2 cm³/mol. The summed E-state index contributed by atoms with van der Waals surface area (Å²) in [5, 5.41) is 0. The van der Waals surface area contributed by atoms with Crippen molar-refractivity contribution < 1.29 is 0 Å². The van der Waals surface area contributed by atoms with Crippen LogP contribution in [-0.4, -0.2) is 24.0 Å². The van der Waals surface area contributed by atoms with E-state index in [2.05, 4.69) is 59.8 Å². The Hall–Kier alpha value is -0.380. The summed E-state index contributed by atoms with van der Waals surface area (Å²) in [5.41, 5.74) is 8.69. The Morgan fingerprint density at radius 1 is 1.42 bits per heavy atom. The summed E-state index contributed by atoms with van der Waals surface area (Å²) in [6.07, 6.45) is 2.56. The van der Waals surface area contributed by atoms with E-state index < -0.39 is 0 Å². The summed E-state index contributed by atoms with van der Waals surface area (Å²) >= 11 is 3.70. The van der Waals surface area contributed by atoms with Crippen LogP contribution in [0.15, 0.2) is 22.7 Å². The number of hydrogen-bond donors (Lipinski definition) is 1. The summed E-state index contributed by atoms with van der Waals surface area (Å²) in [6.45, 7) is 8.65. The maximum Gasteiger partial charge on any atom is 0.0484 e. The Labute approximate surface area is 125 Å². The van der Waals surface area contributed by atoms with E-state index in [0.29, 0.717) is 18.6 Å². The monoisotopic (exact) mass is 324 g/mol. The highest BCUT2D eigenvalue weighted by Crippen LogP contribution is 2.33. The lowest BCUT2D eigenvalue weighted by atomic mass is 9.90. The van der Waals surface area contributed by atoms with Gasteiger partial charge in [0, 0.05) is 23.1 Å². The fourth-order valence-electron chi connectivity index (χ4n) is 3.23. The Morgan fingerprint density at radius 3 is 2.74 bits per heavy atom. The van der Waals surface area contributed by atoms with Crippen molar-refractivity contribution in [3.8, 4) is 0 Å². The van der Waals surface area contributed by atoms with Crippen LogP contribution >= 0.6 is 15.9 Å². The minimum atomic E-state index is 0.331. The number of likely N-dealkylation sites (tertiary alicyclic amines) is 1. The van der Waals surface area contributed by atoms with Gasteiger partial charge in [-0.3, -0.25) is 4.90 Å². The first-order valence-electron chi connectivity index (χ1n) is 7.24. The normalized spacial score (nSPS) is 26.4.